The van der Waals surface area contributed by atoms with Gasteiger partial charge >= 0.3 is 5.97 Å². The van der Waals surface area contributed by atoms with E-state index in [1.165, 1.54) is 37.4 Å². The molecule has 6 nitrogen and oxygen atoms in total. The number of nitriles is 1. The number of esters is 1. The molecule has 1 heterocycles. The highest BCUT2D eigenvalue weighted by atomic mass is 35.5. The van der Waals surface area contributed by atoms with E-state index in [0.29, 0.717) is 21.9 Å². The van der Waals surface area contributed by atoms with E-state index < -0.39 is 20.7 Å². The van der Waals surface area contributed by atoms with Gasteiger partial charge in [-0.1, -0.05) is 29.8 Å². The third-order valence-corrected chi connectivity index (χ3v) is 5.95. The molecule has 0 amide bonds. The second kappa shape index (κ2) is 8.35. The summed E-state index contributed by atoms with van der Waals surface area (Å²) in [7, 11) is -2.77. The fraction of sp³-hybridized carbons (Fsp3) is 0.0476. The first-order valence-corrected chi connectivity index (χ1v) is 10.1. The molecule has 0 aliphatic rings. The van der Waals surface area contributed by atoms with Crippen molar-refractivity contribution in [2.45, 2.75) is 4.90 Å². The van der Waals surface area contributed by atoms with E-state index in [1.54, 1.807) is 36.4 Å². The second-order valence-corrected chi connectivity index (χ2v) is 8.17. The van der Waals surface area contributed by atoms with Crippen LogP contribution in [0.3, 0.4) is 0 Å². The molecule has 0 saturated heterocycles. The molecule has 0 unspecified atom stereocenters. The van der Waals surface area contributed by atoms with Crippen LogP contribution in [0.15, 0.2) is 74.9 Å². The van der Waals surface area contributed by atoms with Gasteiger partial charge in [0.1, 0.15) is 17.6 Å². The van der Waals surface area contributed by atoms with Crippen molar-refractivity contribution in [3.05, 3.63) is 81.9 Å². The molecule has 29 heavy (non-hydrogen) atoms. The first kappa shape index (κ1) is 20.4. The Balaban J connectivity index is 2.00. The van der Waals surface area contributed by atoms with E-state index in [0.717, 1.165) is 6.08 Å². The average molecular weight is 428 g/mol. The predicted molar refractivity (Wildman–Crippen MR) is 108 cm³/mol. The van der Waals surface area contributed by atoms with Crippen molar-refractivity contribution in [1.29, 1.82) is 5.26 Å². The lowest BCUT2D eigenvalue weighted by atomic mass is 10.1. The van der Waals surface area contributed by atoms with Crippen molar-refractivity contribution in [3.63, 3.8) is 0 Å². The van der Waals surface area contributed by atoms with Gasteiger partial charge < -0.3 is 9.15 Å². The molecule has 2 aromatic carbocycles. The van der Waals surface area contributed by atoms with Crippen LogP contribution in [0, 0.1) is 11.3 Å². The van der Waals surface area contributed by atoms with Gasteiger partial charge in [-0.3, -0.25) is 0 Å². The monoisotopic (exact) mass is 427 g/mol. The van der Waals surface area contributed by atoms with Crippen molar-refractivity contribution in [2.24, 2.45) is 0 Å². The van der Waals surface area contributed by atoms with Crippen molar-refractivity contribution in [1.82, 2.24) is 0 Å². The van der Waals surface area contributed by atoms with Gasteiger partial charge in [0, 0.05) is 16.7 Å². The van der Waals surface area contributed by atoms with Crippen LogP contribution in [0.25, 0.3) is 17.4 Å². The summed E-state index contributed by atoms with van der Waals surface area (Å²) in [5.41, 5.74) is 0.784. The van der Waals surface area contributed by atoms with Crippen LogP contribution in [-0.4, -0.2) is 21.5 Å². The van der Waals surface area contributed by atoms with E-state index in [9.17, 15) is 18.5 Å². The summed E-state index contributed by atoms with van der Waals surface area (Å²) in [5.74, 6) is -0.0516. The number of nitrogens with zero attached hydrogens (tertiary/aromatic N) is 1. The van der Waals surface area contributed by atoms with E-state index >= 15 is 0 Å². The summed E-state index contributed by atoms with van der Waals surface area (Å²) in [6.45, 7) is 0. The molecule has 0 spiro atoms. The Morgan fingerprint density at radius 1 is 1.10 bits per heavy atom. The smallest absolute Gasteiger partial charge is 0.338 e. The average Bonchev–Trinajstić information content (AvgIpc) is 3.20. The van der Waals surface area contributed by atoms with Crippen LogP contribution in [0.1, 0.15) is 16.1 Å². The van der Waals surface area contributed by atoms with Gasteiger partial charge in [0.2, 0.25) is 9.84 Å². The normalized spacial score (nSPS) is 11.7. The molecular formula is C21H14ClNO5S. The summed E-state index contributed by atoms with van der Waals surface area (Å²) < 4.78 is 35.8. The number of sulfone groups is 1. The molecule has 0 atom stereocenters. The van der Waals surface area contributed by atoms with E-state index in [1.807, 2.05) is 0 Å². The SMILES string of the molecule is COC(=O)c1ccccc1-c1ccc(/C=C(/C#N)S(=O)(=O)c2ccc(Cl)cc2)o1. The van der Waals surface area contributed by atoms with Crippen LogP contribution in [-0.2, 0) is 14.6 Å². The zero-order valence-electron chi connectivity index (χ0n) is 15.1. The Bertz CT molecular complexity index is 1230. The number of ether oxygens (including phenoxy) is 1. The molecule has 0 bridgehead atoms. The van der Waals surface area contributed by atoms with Gasteiger partial charge in [-0.25, -0.2) is 13.2 Å². The number of rotatable bonds is 5. The standard InChI is InChI=1S/C21H14ClNO5S/c1-27-21(24)19-5-3-2-4-18(19)20-11-8-15(28-20)12-17(13-23)29(25,26)16-9-6-14(22)7-10-16/h2-12H,1H3/b17-12-. The minimum absolute atomic E-state index is 0.0579. The lowest BCUT2D eigenvalue weighted by Gasteiger charge is -2.05. The highest BCUT2D eigenvalue weighted by Gasteiger charge is 2.22. The maximum Gasteiger partial charge on any atom is 0.338 e. The fourth-order valence-electron chi connectivity index (χ4n) is 2.60. The summed E-state index contributed by atoms with van der Waals surface area (Å²) in [6, 6.07) is 17.0. The van der Waals surface area contributed by atoms with Crippen molar-refractivity contribution in [2.75, 3.05) is 7.11 Å². The number of furan rings is 1. The number of hydrogen-bond donors (Lipinski definition) is 0. The van der Waals surface area contributed by atoms with Gasteiger partial charge in [-0.2, -0.15) is 5.26 Å². The molecule has 0 radical (unpaired) electrons. The topological polar surface area (TPSA) is 97.4 Å². The summed E-state index contributed by atoms with van der Waals surface area (Å²) in [4.78, 5) is 11.4. The highest BCUT2D eigenvalue weighted by Crippen LogP contribution is 2.29. The Hall–Kier alpha value is -3.34. The second-order valence-electron chi connectivity index (χ2n) is 5.82. The Morgan fingerprint density at radius 2 is 1.79 bits per heavy atom. The van der Waals surface area contributed by atoms with E-state index in [2.05, 4.69) is 0 Å². The molecule has 0 aliphatic carbocycles. The zero-order chi connectivity index (χ0) is 21.0. The van der Waals surface area contributed by atoms with Crippen LogP contribution >= 0.6 is 11.6 Å². The van der Waals surface area contributed by atoms with E-state index in [-0.39, 0.29) is 10.7 Å². The number of benzene rings is 2. The summed E-state index contributed by atoms with van der Waals surface area (Å²) in [6.07, 6.45) is 1.13. The molecule has 0 N–H and O–H groups in total. The molecule has 146 valence electrons. The van der Waals surface area contributed by atoms with Gasteiger partial charge in [0.25, 0.3) is 0 Å². The summed E-state index contributed by atoms with van der Waals surface area (Å²) in [5, 5.41) is 9.77. The minimum atomic E-state index is -4.04. The number of carbonyl (C=O) groups is 1. The molecule has 8 heteroatoms. The first-order chi connectivity index (χ1) is 13.9. The number of hydrogen-bond acceptors (Lipinski definition) is 6. The van der Waals surface area contributed by atoms with Crippen LogP contribution in [0.2, 0.25) is 5.02 Å². The number of halogens is 1. The molecule has 0 saturated carbocycles. The maximum absolute atomic E-state index is 12.7. The number of carbonyl (C=O) groups excluding carboxylic acids is 1. The van der Waals surface area contributed by atoms with Crippen molar-refractivity contribution < 1.29 is 22.4 Å². The van der Waals surface area contributed by atoms with Crippen molar-refractivity contribution >= 4 is 33.5 Å². The van der Waals surface area contributed by atoms with Gasteiger partial charge in [0.05, 0.1) is 17.6 Å². The third-order valence-electron chi connectivity index (χ3n) is 4.02. The third kappa shape index (κ3) is 4.24. The van der Waals surface area contributed by atoms with Gasteiger partial charge in [-0.15, -0.1) is 0 Å². The quantitative estimate of drug-likeness (QED) is 0.431. The van der Waals surface area contributed by atoms with Crippen LogP contribution in [0.4, 0.5) is 0 Å². The lowest BCUT2D eigenvalue weighted by molar-refractivity contribution is 0.0601. The Morgan fingerprint density at radius 3 is 2.45 bits per heavy atom. The molecule has 3 aromatic rings. The van der Waals surface area contributed by atoms with Crippen LogP contribution in [0.5, 0.6) is 0 Å². The molecule has 0 aliphatic heterocycles. The number of methoxy groups -OCH3 is 1. The Labute approximate surface area is 172 Å². The van der Waals surface area contributed by atoms with Gasteiger partial charge in [0.15, 0.2) is 4.91 Å². The van der Waals surface area contributed by atoms with Crippen molar-refractivity contribution in [3.8, 4) is 17.4 Å². The largest absolute Gasteiger partial charge is 0.465 e. The minimum Gasteiger partial charge on any atom is -0.465 e. The highest BCUT2D eigenvalue weighted by molar-refractivity contribution is 7.95. The molecule has 1 aromatic heterocycles. The molecule has 3 rings (SSSR count). The predicted octanol–water partition coefficient (Wildman–Crippen LogP) is 4.72. The fourth-order valence-corrected chi connectivity index (χ4v) is 3.87. The van der Waals surface area contributed by atoms with Crippen LogP contribution < -0.4 is 0 Å². The number of allylic oxidation sites excluding steroid dienone is 1. The van der Waals surface area contributed by atoms with E-state index in [4.69, 9.17) is 20.8 Å². The lowest BCUT2D eigenvalue weighted by Crippen LogP contribution is -2.03. The Kier molecular flexibility index (Phi) is 5.87. The molecule has 0 fully saturated rings. The molecular weight excluding hydrogens is 414 g/mol. The first-order valence-electron chi connectivity index (χ1n) is 8.27. The maximum atomic E-state index is 12.7. The van der Waals surface area contributed by atoms with Gasteiger partial charge in [-0.05, 0) is 42.5 Å². The summed E-state index contributed by atoms with van der Waals surface area (Å²) >= 11 is 5.79. The zero-order valence-corrected chi connectivity index (χ0v) is 16.7.